The summed E-state index contributed by atoms with van der Waals surface area (Å²) in [6, 6.07) is 15.7. The van der Waals surface area contributed by atoms with Gasteiger partial charge in [0.05, 0.1) is 10.5 Å². The highest BCUT2D eigenvalue weighted by Gasteiger charge is 2.17. The second-order valence-electron chi connectivity index (χ2n) is 9.66. The van der Waals surface area contributed by atoms with Crippen LogP contribution < -0.4 is 5.32 Å². The zero-order valence-electron chi connectivity index (χ0n) is 20.1. The molecule has 1 fully saturated rings. The van der Waals surface area contributed by atoms with E-state index in [4.69, 9.17) is 16.6 Å². The van der Waals surface area contributed by atoms with Crippen LogP contribution in [0, 0.1) is 13.8 Å². The Morgan fingerprint density at radius 3 is 2.56 bits per heavy atom. The predicted octanol–water partition coefficient (Wildman–Crippen LogP) is 7.70. The Hall–Kier alpha value is -2.75. The number of fused-ring (bicyclic) bond motifs is 1. The zero-order chi connectivity index (χ0) is 23.5. The largest absolute Gasteiger partial charge is 0.314 e. The van der Waals surface area contributed by atoms with Gasteiger partial charge < -0.3 is 5.32 Å². The highest BCUT2D eigenvalue weighted by atomic mass is 35.5. The molecule has 3 heterocycles. The van der Waals surface area contributed by atoms with Crippen LogP contribution in [-0.4, -0.2) is 22.6 Å². The summed E-state index contributed by atoms with van der Waals surface area (Å²) in [4.78, 5) is 9.17. The van der Waals surface area contributed by atoms with Crippen LogP contribution in [0.1, 0.15) is 48.8 Å². The predicted molar refractivity (Wildman–Crippen MR) is 143 cm³/mol. The maximum absolute atomic E-state index is 6.72. The van der Waals surface area contributed by atoms with E-state index in [0.29, 0.717) is 11.1 Å². The average Bonchev–Trinajstić information content (AvgIpc) is 2.84. The number of hydrogen-bond acceptors (Lipinski definition) is 3. The van der Waals surface area contributed by atoms with Gasteiger partial charge >= 0.3 is 0 Å². The number of benzene rings is 2. The summed E-state index contributed by atoms with van der Waals surface area (Å²) < 4.78 is 0. The van der Waals surface area contributed by atoms with Gasteiger partial charge in [-0.25, -0.2) is 0 Å². The van der Waals surface area contributed by atoms with Gasteiger partial charge in [-0.05, 0) is 81.8 Å². The van der Waals surface area contributed by atoms with Crippen molar-refractivity contribution in [1.82, 2.24) is 15.3 Å². The number of pyridine rings is 2. The van der Waals surface area contributed by atoms with Crippen LogP contribution in [0.4, 0.5) is 0 Å². The van der Waals surface area contributed by atoms with Crippen molar-refractivity contribution < 1.29 is 0 Å². The van der Waals surface area contributed by atoms with Crippen LogP contribution >= 0.6 is 11.6 Å². The summed E-state index contributed by atoms with van der Waals surface area (Å²) in [6.07, 6.45) is 13.0. The lowest BCUT2D eigenvalue weighted by Crippen LogP contribution is -2.33. The van der Waals surface area contributed by atoms with E-state index in [2.05, 4.69) is 54.5 Å². The molecular weight excluding hydrogens is 438 g/mol. The Morgan fingerprint density at radius 1 is 0.971 bits per heavy atom. The maximum atomic E-state index is 6.72. The van der Waals surface area contributed by atoms with E-state index in [1.807, 2.05) is 24.5 Å². The van der Waals surface area contributed by atoms with Crippen molar-refractivity contribution in [1.29, 1.82) is 0 Å². The fourth-order valence-corrected chi connectivity index (χ4v) is 5.62. The van der Waals surface area contributed by atoms with Crippen molar-refractivity contribution in [3.05, 3.63) is 82.8 Å². The zero-order valence-corrected chi connectivity index (χ0v) is 20.8. The first-order valence-electron chi connectivity index (χ1n) is 12.4. The van der Waals surface area contributed by atoms with Crippen molar-refractivity contribution in [3.8, 4) is 22.3 Å². The third kappa shape index (κ3) is 5.01. The molecule has 2 aromatic heterocycles. The monoisotopic (exact) mass is 469 g/mol. The van der Waals surface area contributed by atoms with Crippen molar-refractivity contribution in [2.45, 2.75) is 58.4 Å². The Balaban J connectivity index is 1.60. The molecule has 174 valence electrons. The lowest BCUT2D eigenvalue weighted by molar-refractivity contribution is 0.376. The number of piperidine rings is 1. The van der Waals surface area contributed by atoms with Gasteiger partial charge in [-0.1, -0.05) is 53.4 Å². The average molecular weight is 470 g/mol. The summed E-state index contributed by atoms with van der Waals surface area (Å²) in [7, 11) is 0. The minimum absolute atomic E-state index is 0.645. The van der Waals surface area contributed by atoms with Crippen LogP contribution in [0.25, 0.3) is 33.2 Å². The molecule has 4 heteroatoms. The second-order valence-corrected chi connectivity index (χ2v) is 10.1. The molecule has 1 saturated heterocycles. The lowest BCUT2D eigenvalue weighted by Gasteiger charge is -2.23. The molecule has 1 atom stereocenters. The van der Waals surface area contributed by atoms with Gasteiger partial charge in [0.2, 0.25) is 0 Å². The fraction of sp³-hybridized carbons (Fsp3) is 0.333. The number of nitrogens with zero attached hydrogens (tertiary/aromatic N) is 2. The minimum Gasteiger partial charge on any atom is -0.314 e. The van der Waals surface area contributed by atoms with E-state index in [0.717, 1.165) is 36.0 Å². The molecule has 34 heavy (non-hydrogen) atoms. The molecule has 0 amide bonds. The van der Waals surface area contributed by atoms with Gasteiger partial charge in [-0.3, -0.25) is 9.97 Å². The number of aromatic nitrogens is 2. The molecule has 1 aliphatic heterocycles. The summed E-state index contributed by atoms with van der Waals surface area (Å²) in [5.41, 5.74) is 9.40. The van der Waals surface area contributed by atoms with Crippen LogP contribution in [0.3, 0.4) is 0 Å². The maximum Gasteiger partial charge on any atom is 0.0720 e. The topological polar surface area (TPSA) is 37.8 Å². The highest BCUT2D eigenvalue weighted by molar-refractivity contribution is 6.34. The summed E-state index contributed by atoms with van der Waals surface area (Å²) in [5, 5.41) is 5.61. The molecule has 0 bridgehead atoms. The quantitative estimate of drug-likeness (QED) is 0.314. The number of hydrogen-bond donors (Lipinski definition) is 1. The SMILES string of the molecule is Cc1cc(C)cc(-c2cnc3cc(Cl)c(-c4cccnc4)cc3c2CCC[C@@H]2CCCCN2)c1. The third-order valence-corrected chi connectivity index (χ3v) is 7.28. The van der Waals surface area contributed by atoms with Gasteiger partial charge in [0.25, 0.3) is 0 Å². The van der Waals surface area contributed by atoms with E-state index < -0.39 is 0 Å². The fourth-order valence-electron chi connectivity index (χ4n) is 5.36. The third-order valence-electron chi connectivity index (χ3n) is 6.97. The Bertz CT molecular complexity index is 1270. The normalized spacial score (nSPS) is 16.1. The molecule has 0 aliphatic carbocycles. The number of halogens is 1. The number of rotatable bonds is 6. The van der Waals surface area contributed by atoms with Crippen LogP contribution in [0.15, 0.2) is 61.1 Å². The number of aryl methyl sites for hydroxylation is 3. The first-order chi connectivity index (χ1) is 16.6. The molecule has 0 saturated carbocycles. The van der Waals surface area contributed by atoms with Gasteiger partial charge in [-0.15, -0.1) is 0 Å². The van der Waals surface area contributed by atoms with E-state index in [9.17, 15) is 0 Å². The summed E-state index contributed by atoms with van der Waals surface area (Å²) in [6.45, 7) is 5.49. The van der Waals surface area contributed by atoms with E-state index >= 15 is 0 Å². The van der Waals surface area contributed by atoms with Crippen molar-refractivity contribution in [2.24, 2.45) is 0 Å². The molecule has 3 nitrogen and oxygen atoms in total. The highest BCUT2D eigenvalue weighted by Crippen LogP contribution is 2.37. The molecule has 4 aromatic rings. The Morgan fingerprint density at radius 2 is 1.82 bits per heavy atom. The van der Waals surface area contributed by atoms with E-state index in [1.165, 1.54) is 58.9 Å². The minimum atomic E-state index is 0.645. The van der Waals surface area contributed by atoms with E-state index in [-0.39, 0.29) is 0 Å². The smallest absolute Gasteiger partial charge is 0.0720 e. The second kappa shape index (κ2) is 10.2. The van der Waals surface area contributed by atoms with Gasteiger partial charge in [0, 0.05) is 46.7 Å². The summed E-state index contributed by atoms with van der Waals surface area (Å²) >= 11 is 6.72. The van der Waals surface area contributed by atoms with Crippen molar-refractivity contribution in [3.63, 3.8) is 0 Å². The Kier molecular flexibility index (Phi) is 6.94. The number of nitrogens with one attached hydrogen (secondary N) is 1. The Labute approximate surface area is 207 Å². The molecule has 2 aromatic carbocycles. The van der Waals surface area contributed by atoms with Gasteiger partial charge in [-0.2, -0.15) is 0 Å². The molecule has 5 rings (SSSR count). The summed E-state index contributed by atoms with van der Waals surface area (Å²) in [5.74, 6) is 0. The van der Waals surface area contributed by atoms with Crippen molar-refractivity contribution >= 4 is 22.5 Å². The van der Waals surface area contributed by atoms with Crippen molar-refractivity contribution in [2.75, 3.05) is 6.54 Å². The van der Waals surface area contributed by atoms with E-state index in [1.54, 1.807) is 6.20 Å². The molecule has 1 aliphatic rings. The molecule has 0 unspecified atom stereocenters. The van der Waals surface area contributed by atoms with Gasteiger partial charge in [0.1, 0.15) is 0 Å². The first kappa shape index (κ1) is 23.0. The van der Waals surface area contributed by atoms with Crippen LogP contribution in [0.2, 0.25) is 5.02 Å². The van der Waals surface area contributed by atoms with Crippen LogP contribution in [-0.2, 0) is 6.42 Å². The van der Waals surface area contributed by atoms with Crippen LogP contribution in [0.5, 0.6) is 0 Å². The molecular formula is C30H32ClN3. The lowest BCUT2D eigenvalue weighted by atomic mass is 9.90. The standard InChI is InChI=1S/C30H32ClN3/c1-20-13-21(2)15-23(14-20)28-19-34-30-17-29(31)26(22-7-6-11-32-18-22)16-27(30)25(28)10-5-9-24-8-3-4-12-33-24/h6-7,11,13-19,24,33H,3-5,8-10,12H2,1-2H3/t24-/m0/s1. The van der Waals surface area contributed by atoms with Gasteiger partial charge in [0.15, 0.2) is 0 Å². The molecule has 1 N–H and O–H groups in total. The molecule has 0 spiro atoms. The first-order valence-corrected chi connectivity index (χ1v) is 12.8. The molecule has 0 radical (unpaired) electrons.